The predicted molar refractivity (Wildman–Crippen MR) is 91.1 cm³/mol. The number of benzene rings is 2. The van der Waals surface area contributed by atoms with Crippen molar-refractivity contribution in [3.8, 4) is 11.3 Å². The van der Waals surface area contributed by atoms with Crippen LogP contribution in [0.4, 0.5) is 10.2 Å². The van der Waals surface area contributed by atoms with Crippen molar-refractivity contribution in [3.63, 3.8) is 0 Å². The lowest BCUT2D eigenvalue weighted by Crippen LogP contribution is -2.11. The van der Waals surface area contributed by atoms with E-state index in [0.29, 0.717) is 22.6 Å². The summed E-state index contributed by atoms with van der Waals surface area (Å²) < 4.78 is 14.3. The number of carbonyl (C=O) groups is 1. The fourth-order valence-electron chi connectivity index (χ4n) is 1.98. The van der Waals surface area contributed by atoms with Crippen LogP contribution in [-0.2, 0) is 0 Å². The number of H-pyrrole nitrogens is 1. The fraction of sp³-hybridized carbons (Fsp3) is 0. The Hall–Kier alpha value is -2.22. The lowest BCUT2D eigenvalue weighted by atomic mass is 10.1. The maximum atomic E-state index is 13.2. The summed E-state index contributed by atoms with van der Waals surface area (Å²) in [6, 6.07) is 15.0. The molecule has 0 aliphatic carbocycles. The minimum absolute atomic E-state index is 0.242. The van der Waals surface area contributed by atoms with E-state index in [-0.39, 0.29) is 11.7 Å². The zero-order chi connectivity index (χ0) is 15.5. The van der Waals surface area contributed by atoms with Crippen molar-refractivity contribution in [1.29, 1.82) is 0 Å². The highest BCUT2D eigenvalue weighted by Gasteiger charge is 2.09. The number of amides is 1. The normalized spacial score (nSPS) is 10.5. The minimum Gasteiger partial charge on any atom is -0.305 e. The summed E-state index contributed by atoms with van der Waals surface area (Å²) in [6.07, 6.45) is 0. The second kappa shape index (κ2) is 6.27. The van der Waals surface area contributed by atoms with E-state index < -0.39 is 0 Å². The Kier molecular flexibility index (Phi) is 4.19. The predicted octanol–water partition coefficient (Wildman–Crippen LogP) is 4.07. The van der Waals surface area contributed by atoms with Crippen LogP contribution in [0.1, 0.15) is 10.4 Å². The number of rotatable bonds is 3. The molecule has 3 rings (SSSR count). The minimum atomic E-state index is -0.323. The van der Waals surface area contributed by atoms with Crippen LogP contribution in [0.25, 0.3) is 11.3 Å². The van der Waals surface area contributed by atoms with Crippen LogP contribution in [0.5, 0.6) is 0 Å². The number of nitrogens with one attached hydrogen (secondary N) is 2. The molecule has 0 bridgehead atoms. The van der Waals surface area contributed by atoms with Gasteiger partial charge in [-0.1, -0.05) is 12.1 Å². The first-order valence-corrected chi connectivity index (χ1v) is 7.58. The summed E-state index contributed by atoms with van der Waals surface area (Å²) in [5.41, 5.74) is 1.86. The number of halogens is 2. The second-order valence-corrected chi connectivity index (χ2v) is 5.88. The van der Waals surface area contributed by atoms with Gasteiger partial charge < -0.3 is 5.32 Å². The van der Waals surface area contributed by atoms with Gasteiger partial charge in [0.25, 0.3) is 5.91 Å². The molecule has 1 amide bonds. The van der Waals surface area contributed by atoms with Gasteiger partial charge in [-0.2, -0.15) is 5.10 Å². The van der Waals surface area contributed by atoms with Crippen molar-refractivity contribution in [2.24, 2.45) is 0 Å². The van der Waals surface area contributed by atoms with E-state index in [0.717, 1.165) is 3.57 Å². The van der Waals surface area contributed by atoms with Crippen LogP contribution < -0.4 is 5.32 Å². The van der Waals surface area contributed by atoms with Crippen LogP contribution in [0.3, 0.4) is 0 Å². The lowest BCUT2D eigenvalue weighted by Gasteiger charge is -2.01. The molecule has 0 unspecified atom stereocenters. The molecule has 2 aromatic carbocycles. The SMILES string of the molecule is O=C(Nc1cc(-c2cccc(F)c2)[nH]n1)c1ccc(I)cc1. The molecule has 2 N–H and O–H groups in total. The molecule has 0 aliphatic heterocycles. The van der Waals surface area contributed by atoms with E-state index in [1.165, 1.54) is 12.1 Å². The van der Waals surface area contributed by atoms with E-state index in [2.05, 4.69) is 38.1 Å². The molecular weight excluding hydrogens is 396 g/mol. The molecule has 0 saturated heterocycles. The highest BCUT2D eigenvalue weighted by molar-refractivity contribution is 14.1. The molecule has 0 atom stereocenters. The molecule has 3 aromatic rings. The third-order valence-corrected chi connectivity index (χ3v) is 3.78. The molecule has 110 valence electrons. The third-order valence-electron chi connectivity index (χ3n) is 3.06. The Balaban J connectivity index is 1.77. The smallest absolute Gasteiger partial charge is 0.256 e. The van der Waals surface area contributed by atoms with E-state index in [1.807, 2.05) is 12.1 Å². The molecule has 6 heteroatoms. The molecule has 0 radical (unpaired) electrons. The van der Waals surface area contributed by atoms with Crippen molar-refractivity contribution in [1.82, 2.24) is 10.2 Å². The van der Waals surface area contributed by atoms with E-state index in [4.69, 9.17) is 0 Å². The number of hydrogen-bond donors (Lipinski definition) is 2. The van der Waals surface area contributed by atoms with Crippen LogP contribution in [0, 0.1) is 9.39 Å². The van der Waals surface area contributed by atoms with Gasteiger partial charge >= 0.3 is 0 Å². The van der Waals surface area contributed by atoms with Gasteiger partial charge in [0.05, 0.1) is 5.69 Å². The summed E-state index contributed by atoms with van der Waals surface area (Å²) in [5.74, 6) is -0.173. The average molecular weight is 407 g/mol. The molecule has 0 spiro atoms. The summed E-state index contributed by atoms with van der Waals surface area (Å²) in [5, 5.41) is 9.51. The van der Waals surface area contributed by atoms with Crippen molar-refractivity contribution in [2.75, 3.05) is 5.32 Å². The maximum absolute atomic E-state index is 13.2. The van der Waals surface area contributed by atoms with Gasteiger partial charge in [0.1, 0.15) is 5.82 Å². The molecule has 22 heavy (non-hydrogen) atoms. The highest BCUT2D eigenvalue weighted by atomic mass is 127. The maximum Gasteiger partial charge on any atom is 0.256 e. The van der Waals surface area contributed by atoms with Gasteiger partial charge in [-0.15, -0.1) is 0 Å². The Bertz CT molecular complexity index is 814. The fourth-order valence-corrected chi connectivity index (χ4v) is 2.34. The summed E-state index contributed by atoms with van der Waals surface area (Å²) in [4.78, 5) is 12.1. The Morgan fingerprint density at radius 2 is 1.91 bits per heavy atom. The number of anilines is 1. The quantitative estimate of drug-likeness (QED) is 0.644. The first kappa shape index (κ1) is 14.7. The van der Waals surface area contributed by atoms with E-state index in [1.54, 1.807) is 30.3 Å². The molecule has 0 saturated carbocycles. The molecular formula is C16H11FIN3O. The van der Waals surface area contributed by atoms with E-state index >= 15 is 0 Å². The molecule has 1 aromatic heterocycles. The number of carbonyl (C=O) groups excluding carboxylic acids is 1. The van der Waals surface area contributed by atoms with Crippen LogP contribution in [-0.4, -0.2) is 16.1 Å². The number of nitrogens with zero attached hydrogens (tertiary/aromatic N) is 1. The van der Waals surface area contributed by atoms with Crippen molar-refractivity contribution in [2.45, 2.75) is 0 Å². The average Bonchev–Trinajstić information content (AvgIpc) is 2.96. The number of hydrogen-bond acceptors (Lipinski definition) is 2. The van der Waals surface area contributed by atoms with E-state index in [9.17, 15) is 9.18 Å². The van der Waals surface area contributed by atoms with Crippen LogP contribution >= 0.6 is 22.6 Å². The van der Waals surface area contributed by atoms with Gasteiger partial charge in [-0.25, -0.2) is 4.39 Å². The zero-order valence-electron chi connectivity index (χ0n) is 11.3. The summed E-state index contributed by atoms with van der Waals surface area (Å²) in [7, 11) is 0. The van der Waals surface area contributed by atoms with Crippen molar-refractivity contribution in [3.05, 3.63) is 69.5 Å². The zero-order valence-corrected chi connectivity index (χ0v) is 13.5. The Morgan fingerprint density at radius 1 is 1.14 bits per heavy atom. The summed E-state index contributed by atoms with van der Waals surface area (Å²) in [6.45, 7) is 0. The number of aromatic nitrogens is 2. The lowest BCUT2D eigenvalue weighted by molar-refractivity contribution is 0.102. The van der Waals surface area contributed by atoms with Crippen LogP contribution in [0.2, 0.25) is 0 Å². The molecule has 0 aliphatic rings. The Labute approximate surface area is 139 Å². The monoisotopic (exact) mass is 407 g/mol. The molecule has 0 fully saturated rings. The van der Waals surface area contributed by atoms with Crippen LogP contribution in [0.15, 0.2) is 54.6 Å². The largest absolute Gasteiger partial charge is 0.305 e. The van der Waals surface area contributed by atoms with Crippen molar-refractivity contribution >= 4 is 34.3 Å². The molecule has 1 heterocycles. The number of aromatic amines is 1. The molecule has 4 nitrogen and oxygen atoms in total. The second-order valence-electron chi connectivity index (χ2n) is 4.64. The van der Waals surface area contributed by atoms with Gasteiger partial charge in [0.15, 0.2) is 5.82 Å². The standard InChI is InChI=1S/C16H11FIN3O/c17-12-3-1-2-11(8-12)14-9-15(21-20-14)19-16(22)10-4-6-13(18)7-5-10/h1-9H,(H2,19,20,21,22). The van der Waals surface area contributed by atoms with Gasteiger partial charge in [0, 0.05) is 20.8 Å². The first-order valence-electron chi connectivity index (χ1n) is 6.50. The van der Waals surface area contributed by atoms with Gasteiger partial charge in [-0.3, -0.25) is 9.89 Å². The highest BCUT2D eigenvalue weighted by Crippen LogP contribution is 2.20. The Morgan fingerprint density at radius 3 is 2.64 bits per heavy atom. The topological polar surface area (TPSA) is 57.8 Å². The van der Waals surface area contributed by atoms with Gasteiger partial charge in [0.2, 0.25) is 0 Å². The third kappa shape index (κ3) is 3.33. The summed E-state index contributed by atoms with van der Waals surface area (Å²) >= 11 is 2.18. The van der Waals surface area contributed by atoms with Gasteiger partial charge in [-0.05, 0) is 59.0 Å². The van der Waals surface area contributed by atoms with Crippen molar-refractivity contribution < 1.29 is 9.18 Å². The first-order chi connectivity index (χ1) is 10.6.